The van der Waals surface area contributed by atoms with Crippen molar-refractivity contribution in [1.82, 2.24) is 9.88 Å². The minimum atomic E-state index is -0.737. The van der Waals surface area contributed by atoms with Gasteiger partial charge in [-0.25, -0.2) is 0 Å². The topological polar surface area (TPSA) is 62.7 Å². The van der Waals surface area contributed by atoms with Gasteiger partial charge in [-0.2, -0.15) is 0 Å². The van der Waals surface area contributed by atoms with Gasteiger partial charge in [0.05, 0.1) is 7.11 Å². The molecule has 1 fully saturated rings. The smallest absolute Gasteiger partial charge is 0.320 e. The van der Waals surface area contributed by atoms with Gasteiger partial charge in [-0.15, -0.1) is 0 Å². The first-order valence-electron chi connectivity index (χ1n) is 8.23. The molecule has 1 aromatic carbocycles. The Bertz CT molecular complexity index is 703. The largest absolute Gasteiger partial charge is 0.496 e. The van der Waals surface area contributed by atoms with Crippen LogP contribution in [0.25, 0.3) is 11.1 Å². The van der Waals surface area contributed by atoms with Gasteiger partial charge in [0.25, 0.3) is 0 Å². The summed E-state index contributed by atoms with van der Waals surface area (Å²) in [6.07, 6.45) is 6.26. The maximum absolute atomic E-state index is 11.5. The van der Waals surface area contributed by atoms with E-state index in [0.717, 1.165) is 41.8 Å². The van der Waals surface area contributed by atoms with Crippen molar-refractivity contribution in [3.63, 3.8) is 0 Å². The molecule has 1 unspecified atom stereocenters. The molecule has 2 heterocycles. The maximum Gasteiger partial charge on any atom is 0.320 e. The number of likely N-dealkylation sites (tertiary alicyclic amines) is 1. The molecule has 1 aliphatic rings. The number of hydrogen-bond acceptors (Lipinski definition) is 4. The highest BCUT2D eigenvalue weighted by molar-refractivity contribution is 5.73. The van der Waals surface area contributed by atoms with Crippen LogP contribution in [0.15, 0.2) is 42.7 Å². The molecule has 1 aliphatic heterocycles. The van der Waals surface area contributed by atoms with Crippen molar-refractivity contribution in [2.45, 2.75) is 31.8 Å². The second-order valence-electron chi connectivity index (χ2n) is 6.08. The standard InChI is InChI=1S/C19H22N2O3/c1-24-18-6-5-15(14-7-9-20-10-8-14)12-16(18)13-21-11-3-2-4-17(21)19(22)23/h5-10,12,17H,2-4,11,13H2,1H3,(H,22,23). The highest BCUT2D eigenvalue weighted by Crippen LogP contribution is 2.29. The Hall–Kier alpha value is -2.40. The Morgan fingerprint density at radius 1 is 1.25 bits per heavy atom. The molecule has 0 amide bonds. The molecule has 2 aromatic rings. The minimum absolute atomic E-state index is 0.409. The van der Waals surface area contributed by atoms with Crippen LogP contribution in [0, 0.1) is 0 Å². The van der Waals surface area contributed by atoms with E-state index in [2.05, 4.69) is 11.1 Å². The van der Waals surface area contributed by atoms with Gasteiger partial charge in [0.1, 0.15) is 11.8 Å². The number of pyridine rings is 1. The molecule has 0 spiro atoms. The molecule has 0 saturated carbocycles. The zero-order valence-electron chi connectivity index (χ0n) is 13.8. The summed E-state index contributed by atoms with van der Waals surface area (Å²) in [5.74, 6) is 0.0569. The number of methoxy groups -OCH3 is 1. The summed E-state index contributed by atoms with van der Waals surface area (Å²) in [4.78, 5) is 17.6. The number of aliphatic carboxylic acids is 1. The number of benzene rings is 1. The zero-order valence-corrected chi connectivity index (χ0v) is 13.8. The average Bonchev–Trinajstić information content (AvgIpc) is 2.62. The average molecular weight is 326 g/mol. The van der Waals surface area contributed by atoms with Gasteiger partial charge >= 0.3 is 5.97 Å². The molecule has 24 heavy (non-hydrogen) atoms. The van der Waals surface area contributed by atoms with Crippen molar-refractivity contribution < 1.29 is 14.6 Å². The highest BCUT2D eigenvalue weighted by Gasteiger charge is 2.28. The Balaban J connectivity index is 1.89. The van der Waals surface area contributed by atoms with Crippen LogP contribution in [-0.4, -0.2) is 40.7 Å². The number of carboxylic acid groups (broad SMARTS) is 1. The lowest BCUT2D eigenvalue weighted by Gasteiger charge is -2.33. The molecule has 126 valence electrons. The molecule has 1 N–H and O–H groups in total. The number of rotatable bonds is 5. The number of hydrogen-bond donors (Lipinski definition) is 1. The number of ether oxygens (including phenoxy) is 1. The van der Waals surface area contributed by atoms with Crippen LogP contribution in [0.4, 0.5) is 0 Å². The van der Waals surface area contributed by atoms with Gasteiger partial charge in [-0.3, -0.25) is 14.7 Å². The van der Waals surface area contributed by atoms with Gasteiger partial charge in [-0.1, -0.05) is 12.5 Å². The van der Waals surface area contributed by atoms with Crippen LogP contribution in [0.2, 0.25) is 0 Å². The Morgan fingerprint density at radius 3 is 2.75 bits per heavy atom. The van der Waals surface area contributed by atoms with Crippen molar-refractivity contribution in [3.8, 4) is 16.9 Å². The van der Waals surface area contributed by atoms with Gasteiger partial charge in [0.2, 0.25) is 0 Å². The first kappa shape index (κ1) is 16.5. The lowest BCUT2D eigenvalue weighted by molar-refractivity contribution is -0.144. The van der Waals surface area contributed by atoms with Crippen molar-refractivity contribution >= 4 is 5.97 Å². The van der Waals surface area contributed by atoms with Gasteiger partial charge in [0, 0.05) is 24.5 Å². The fraction of sp³-hybridized carbons (Fsp3) is 0.368. The van der Waals surface area contributed by atoms with Crippen LogP contribution >= 0.6 is 0 Å². The fourth-order valence-corrected chi connectivity index (χ4v) is 3.30. The summed E-state index contributed by atoms with van der Waals surface area (Å²) in [6, 6.07) is 9.57. The lowest BCUT2D eigenvalue weighted by atomic mass is 9.99. The molecule has 0 aliphatic carbocycles. The summed E-state index contributed by atoms with van der Waals surface area (Å²) in [6.45, 7) is 1.39. The Labute approximate surface area is 141 Å². The van der Waals surface area contributed by atoms with E-state index in [-0.39, 0.29) is 0 Å². The van der Waals surface area contributed by atoms with Crippen LogP contribution in [0.3, 0.4) is 0 Å². The number of nitrogens with zero attached hydrogens (tertiary/aromatic N) is 2. The molecule has 0 radical (unpaired) electrons. The first-order chi connectivity index (χ1) is 11.7. The third kappa shape index (κ3) is 3.57. The number of piperidine rings is 1. The molecular formula is C19H22N2O3. The summed E-state index contributed by atoms with van der Waals surface area (Å²) < 4.78 is 5.49. The third-order valence-corrected chi connectivity index (χ3v) is 4.57. The van der Waals surface area contributed by atoms with E-state index < -0.39 is 12.0 Å². The normalized spacial score (nSPS) is 18.3. The summed E-state index contributed by atoms with van der Waals surface area (Å²) in [7, 11) is 1.65. The van der Waals surface area contributed by atoms with Gasteiger partial charge in [-0.05, 0) is 54.8 Å². The first-order valence-corrected chi connectivity index (χ1v) is 8.23. The van der Waals surface area contributed by atoms with E-state index in [9.17, 15) is 9.90 Å². The van der Waals surface area contributed by atoms with Gasteiger partial charge < -0.3 is 9.84 Å². The van der Waals surface area contributed by atoms with Crippen molar-refractivity contribution in [2.75, 3.05) is 13.7 Å². The van der Waals surface area contributed by atoms with Crippen LogP contribution in [0.5, 0.6) is 5.75 Å². The Kier molecular flexibility index (Phi) is 5.11. The maximum atomic E-state index is 11.5. The molecule has 5 heteroatoms. The van der Waals surface area contributed by atoms with Crippen molar-refractivity contribution in [1.29, 1.82) is 0 Å². The molecule has 1 saturated heterocycles. The van der Waals surface area contributed by atoms with E-state index in [0.29, 0.717) is 13.0 Å². The molecule has 1 atom stereocenters. The van der Waals surface area contributed by atoms with E-state index in [1.54, 1.807) is 19.5 Å². The van der Waals surface area contributed by atoms with E-state index in [1.165, 1.54) is 0 Å². The van der Waals surface area contributed by atoms with Crippen LogP contribution < -0.4 is 4.74 Å². The quantitative estimate of drug-likeness (QED) is 0.914. The van der Waals surface area contributed by atoms with Crippen molar-refractivity contribution in [2.24, 2.45) is 0 Å². The van der Waals surface area contributed by atoms with Crippen LogP contribution in [-0.2, 0) is 11.3 Å². The molecule has 5 nitrogen and oxygen atoms in total. The Morgan fingerprint density at radius 2 is 2.04 bits per heavy atom. The van der Waals surface area contributed by atoms with E-state index >= 15 is 0 Å². The monoisotopic (exact) mass is 326 g/mol. The second kappa shape index (κ2) is 7.45. The number of aromatic nitrogens is 1. The second-order valence-corrected chi connectivity index (χ2v) is 6.08. The predicted octanol–water partition coefficient (Wildman–Crippen LogP) is 3.20. The lowest BCUT2D eigenvalue weighted by Crippen LogP contribution is -2.44. The minimum Gasteiger partial charge on any atom is -0.496 e. The van der Waals surface area contributed by atoms with Crippen molar-refractivity contribution in [3.05, 3.63) is 48.3 Å². The van der Waals surface area contributed by atoms with Gasteiger partial charge in [0.15, 0.2) is 0 Å². The van der Waals surface area contributed by atoms with Crippen LogP contribution in [0.1, 0.15) is 24.8 Å². The predicted molar refractivity (Wildman–Crippen MR) is 91.9 cm³/mol. The van der Waals surface area contributed by atoms with E-state index in [4.69, 9.17) is 4.74 Å². The third-order valence-electron chi connectivity index (χ3n) is 4.57. The van der Waals surface area contributed by atoms with E-state index in [1.807, 2.05) is 29.2 Å². The fourth-order valence-electron chi connectivity index (χ4n) is 3.30. The number of carboxylic acids is 1. The highest BCUT2D eigenvalue weighted by atomic mass is 16.5. The SMILES string of the molecule is COc1ccc(-c2ccncc2)cc1CN1CCCCC1C(=O)O. The summed E-state index contributed by atoms with van der Waals surface area (Å²) >= 11 is 0. The molecular weight excluding hydrogens is 304 g/mol. The summed E-state index contributed by atoms with van der Waals surface area (Å²) in [5, 5.41) is 9.47. The summed E-state index contributed by atoms with van der Waals surface area (Å²) in [5.41, 5.74) is 3.18. The molecule has 0 bridgehead atoms. The molecule has 1 aromatic heterocycles. The number of carbonyl (C=O) groups is 1. The zero-order chi connectivity index (χ0) is 16.9. The molecule has 3 rings (SSSR count).